The van der Waals surface area contributed by atoms with Crippen molar-refractivity contribution in [1.82, 2.24) is 5.32 Å². The molecule has 0 unspecified atom stereocenters. The van der Waals surface area contributed by atoms with Crippen molar-refractivity contribution < 1.29 is 4.42 Å². The highest BCUT2D eigenvalue weighted by Crippen LogP contribution is 2.27. The number of furan rings is 1. The molecule has 0 aliphatic heterocycles. The van der Waals surface area contributed by atoms with Crippen LogP contribution in [0.3, 0.4) is 0 Å². The van der Waals surface area contributed by atoms with E-state index in [4.69, 9.17) is 16.0 Å². The van der Waals surface area contributed by atoms with Gasteiger partial charge in [-0.3, -0.25) is 0 Å². The Labute approximate surface area is 93.9 Å². The van der Waals surface area contributed by atoms with E-state index >= 15 is 0 Å². The SMILES string of the molecule is CNCc1ccc(Cl)cc1-c1ccoc1. The van der Waals surface area contributed by atoms with E-state index in [-0.39, 0.29) is 0 Å². The van der Waals surface area contributed by atoms with E-state index < -0.39 is 0 Å². The Morgan fingerprint density at radius 3 is 2.87 bits per heavy atom. The van der Waals surface area contributed by atoms with Crippen molar-refractivity contribution in [2.24, 2.45) is 0 Å². The summed E-state index contributed by atoms with van der Waals surface area (Å²) in [4.78, 5) is 0. The maximum absolute atomic E-state index is 5.98. The summed E-state index contributed by atoms with van der Waals surface area (Å²) in [6.07, 6.45) is 3.39. The number of halogens is 1. The lowest BCUT2D eigenvalue weighted by molar-refractivity contribution is 0.568. The number of hydrogen-bond donors (Lipinski definition) is 1. The third kappa shape index (κ3) is 2.22. The number of nitrogens with one attached hydrogen (secondary N) is 1. The van der Waals surface area contributed by atoms with E-state index in [1.165, 1.54) is 5.56 Å². The standard InChI is InChI=1S/C12H12ClNO/c1-14-7-9-2-3-11(13)6-12(9)10-4-5-15-8-10/h2-6,8,14H,7H2,1H3. The van der Waals surface area contributed by atoms with Gasteiger partial charge in [-0.05, 0) is 36.4 Å². The van der Waals surface area contributed by atoms with Crippen molar-refractivity contribution in [3.8, 4) is 11.1 Å². The quantitative estimate of drug-likeness (QED) is 0.860. The van der Waals surface area contributed by atoms with Crippen LogP contribution in [-0.4, -0.2) is 7.05 Å². The lowest BCUT2D eigenvalue weighted by Crippen LogP contribution is -2.06. The summed E-state index contributed by atoms with van der Waals surface area (Å²) >= 11 is 5.98. The molecular weight excluding hydrogens is 210 g/mol. The van der Waals surface area contributed by atoms with Crippen LogP contribution in [0.25, 0.3) is 11.1 Å². The molecule has 0 bridgehead atoms. The normalized spacial score (nSPS) is 10.5. The van der Waals surface area contributed by atoms with Gasteiger partial charge >= 0.3 is 0 Å². The molecule has 0 aliphatic rings. The molecule has 78 valence electrons. The monoisotopic (exact) mass is 221 g/mol. The van der Waals surface area contributed by atoms with Crippen molar-refractivity contribution in [2.45, 2.75) is 6.54 Å². The summed E-state index contributed by atoms with van der Waals surface area (Å²) < 4.78 is 5.08. The first-order valence-corrected chi connectivity index (χ1v) is 5.14. The maximum Gasteiger partial charge on any atom is 0.0981 e. The topological polar surface area (TPSA) is 25.2 Å². The molecule has 1 N–H and O–H groups in total. The predicted molar refractivity (Wildman–Crippen MR) is 61.9 cm³/mol. The van der Waals surface area contributed by atoms with Crippen LogP contribution in [0, 0.1) is 0 Å². The summed E-state index contributed by atoms with van der Waals surface area (Å²) in [5.41, 5.74) is 3.39. The van der Waals surface area contributed by atoms with Gasteiger partial charge in [0.05, 0.1) is 12.5 Å². The predicted octanol–water partition coefficient (Wildman–Crippen LogP) is 3.32. The highest BCUT2D eigenvalue weighted by Gasteiger charge is 2.06. The van der Waals surface area contributed by atoms with Gasteiger partial charge in [0.2, 0.25) is 0 Å². The first-order valence-electron chi connectivity index (χ1n) is 4.77. The van der Waals surface area contributed by atoms with E-state index in [0.717, 1.165) is 22.7 Å². The van der Waals surface area contributed by atoms with Crippen molar-refractivity contribution >= 4 is 11.6 Å². The van der Waals surface area contributed by atoms with E-state index in [0.29, 0.717) is 0 Å². The molecule has 0 spiro atoms. The lowest BCUT2D eigenvalue weighted by atomic mass is 10.0. The van der Waals surface area contributed by atoms with Gasteiger partial charge in [0, 0.05) is 17.1 Å². The second-order valence-electron chi connectivity index (χ2n) is 3.34. The second kappa shape index (κ2) is 4.51. The van der Waals surface area contributed by atoms with Gasteiger partial charge in [-0.1, -0.05) is 17.7 Å². The molecule has 3 heteroatoms. The van der Waals surface area contributed by atoms with Crippen molar-refractivity contribution in [3.63, 3.8) is 0 Å². The van der Waals surface area contributed by atoms with Crippen LogP contribution in [0.1, 0.15) is 5.56 Å². The molecule has 1 aromatic heterocycles. The molecule has 2 rings (SSSR count). The highest BCUT2D eigenvalue weighted by atomic mass is 35.5. The number of benzene rings is 1. The highest BCUT2D eigenvalue weighted by molar-refractivity contribution is 6.30. The smallest absolute Gasteiger partial charge is 0.0981 e. The van der Waals surface area contributed by atoms with Crippen LogP contribution in [0.2, 0.25) is 5.02 Å². The Hall–Kier alpha value is -1.25. The van der Waals surface area contributed by atoms with E-state index in [1.54, 1.807) is 12.5 Å². The number of rotatable bonds is 3. The van der Waals surface area contributed by atoms with E-state index in [2.05, 4.69) is 5.32 Å². The van der Waals surface area contributed by atoms with Crippen LogP contribution >= 0.6 is 11.6 Å². The van der Waals surface area contributed by atoms with Gasteiger partial charge in [-0.2, -0.15) is 0 Å². The van der Waals surface area contributed by atoms with Crippen LogP contribution < -0.4 is 5.32 Å². The van der Waals surface area contributed by atoms with Crippen molar-refractivity contribution in [2.75, 3.05) is 7.05 Å². The molecule has 2 nitrogen and oxygen atoms in total. The molecule has 0 fully saturated rings. The van der Waals surface area contributed by atoms with E-state index in [1.807, 2.05) is 31.3 Å². The molecule has 0 atom stereocenters. The molecule has 0 radical (unpaired) electrons. The van der Waals surface area contributed by atoms with Crippen LogP contribution in [0.4, 0.5) is 0 Å². The minimum atomic E-state index is 0.742. The first-order chi connectivity index (χ1) is 7.31. The zero-order valence-electron chi connectivity index (χ0n) is 8.46. The van der Waals surface area contributed by atoms with Gasteiger partial charge in [0.1, 0.15) is 0 Å². The minimum absolute atomic E-state index is 0.742. The summed E-state index contributed by atoms with van der Waals surface area (Å²) in [6, 6.07) is 7.82. The minimum Gasteiger partial charge on any atom is -0.472 e. The molecule has 1 heterocycles. The third-order valence-electron chi connectivity index (χ3n) is 2.27. The Kier molecular flexibility index (Phi) is 3.09. The van der Waals surface area contributed by atoms with Crippen LogP contribution in [-0.2, 0) is 6.54 Å². The molecular formula is C12H12ClNO. The molecule has 0 saturated heterocycles. The van der Waals surface area contributed by atoms with Gasteiger partial charge in [-0.15, -0.1) is 0 Å². The Morgan fingerprint density at radius 1 is 1.33 bits per heavy atom. The van der Waals surface area contributed by atoms with Crippen molar-refractivity contribution in [1.29, 1.82) is 0 Å². The fourth-order valence-corrected chi connectivity index (χ4v) is 1.75. The molecule has 0 amide bonds. The van der Waals surface area contributed by atoms with Crippen molar-refractivity contribution in [3.05, 3.63) is 47.4 Å². The summed E-state index contributed by atoms with van der Waals surface area (Å²) in [7, 11) is 1.92. The molecule has 1 aromatic carbocycles. The molecule has 15 heavy (non-hydrogen) atoms. The maximum atomic E-state index is 5.98. The fourth-order valence-electron chi connectivity index (χ4n) is 1.58. The zero-order valence-corrected chi connectivity index (χ0v) is 9.21. The fraction of sp³-hybridized carbons (Fsp3) is 0.167. The zero-order chi connectivity index (χ0) is 10.7. The molecule has 0 saturated carbocycles. The average molecular weight is 222 g/mol. The summed E-state index contributed by atoms with van der Waals surface area (Å²) in [6.45, 7) is 0.817. The first kappa shape index (κ1) is 10.3. The molecule has 0 aliphatic carbocycles. The lowest BCUT2D eigenvalue weighted by Gasteiger charge is -2.07. The Bertz CT molecular complexity index is 437. The van der Waals surface area contributed by atoms with E-state index in [9.17, 15) is 0 Å². The molecule has 2 aromatic rings. The number of hydrogen-bond acceptors (Lipinski definition) is 2. The second-order valence-corrected chi connectivity index (χ2v) is 3.78. The average Bonchev–Trinajstić information content (AvgIpc) is 2.74. The Balaban J connectivity index is 2.47. The third-order valence-corrected chi connectivity index (χ3v) is 2.51. The largest absolute Gasteiger partial charge is 0.472 e. The summed E-state index contributed by atoms with van der Waals surface area (Å²) in [5.74, 6) is 0. The van der Waals surface area contributed by atoms with Gasteiger partial charge < -0.3 is 9.73 Å². The summed E-state index contributed by atoms with van der Waals surface area (Å²) in [5, 5.41) is 3.87. The Morgan fingerprint density at radius 2 is 2.20 bits per heavy atom. The van der Waals surface area contributed by atoms with Gasteiger partial charge in [0.15, 0.2) is 0 Å². The van der Waals surface area contributed by atoms with Gasteiger partial charge in [-0.25, -0.2) is 0 Å². The van der Waals surface area contributed by atoms with Gasteiger partial charge in [0.25, 0.3) is 0 Å². The van der Waals surface area contributed by atoms with Crippen LogP contribution in [0.5, 0.6) is 0 Å². The van der Waals surface area contributed by atoms with Crippen LogP contribution in [0.15, 0.2) is 41.2 Å².